The highest BCUT2D eigenvalue weighted by Crippen LogP contribution is 2.18. The average molecular weight is 221 g/mol. The largest absolute Gasteiger partial charge is 0.480 e. The first-order valence-electron chi connectivity index (χ1n) is 5.62. The molecule has 1 atom stereocenters. The van der Waals surface area contributed by atoms with Crippen molar-refractivity contribution in [3.63, 3.8) is 0 Å². The number of carboxylic acids is 1. The average Bonchev–Trinajstić information content (AvgIpc) is 2.26. The number of aryl methyl sites for hydroxylation is 1. The van der Waals surface area contributed by atoms with Gasteiger partial charge >= 0.3 is 5.97 Å². The van der Waals surface area contributed by atoms with Crippen LogP contribution in [0.25, 0.3) is 0 Å². The molecule has 1 rings (SSSR count). The maximum absolute atomic E-state index is 11.0. The number of hydrogen-bond donors (Lipinski definition) is 1. The van der Waals surface area contributed by atoms with E-state index in [9.17, 15) is 4.79 Å². The van der Waals surface area contributed by atoms with Gasteiger partial charge in [0.25, 0.3) is 0 Å². The number of anilines is 1. The Kier molecular flexibility index (Phi) is 4.35. The van der Waals surface area contributed by atoms with Crippen molar-refractivity contribution in [2.24, 2.45) is 0 Å². The lowest BCUT2D eigenvalue weighted by atomic mass is 10.1. The summed E-state index contributed by atoms with van der Waals surface area (Å²) in [6.07, 6.45) is 0.936. The molecular weight excluding hydrogens is 202 g/mol. The second-order valence-corrected chi connectivity index (χ2v) is 4.04. The van der Waals surface area contributed by atoms with E-state index < -0.39 is 12.0 Å². The van der Waals surface area contributed by atoms with E-state index in [2.05, 4.69) is 6.92 Å². The van der Waals surface area contributed by atoms with Gasteiger partial charge in [-0.15, -0.1) is 0 Å². The first kappa shape index (κ1) is 12.6. The highest BCUT2D eigenvalue weighted by molar-refractivity contribution is 5.77. The predicted molar refractivity (Wildman–Crippen MR) is 65.9 cm³/mol. The Bertz CT molecular complexity index is 345. The van der Waals surface area contributed by atoms with Crippen LogP contribution in [-0.4, -0.2) is 23.7 Å². The summed E-state index contributed by atoms with van der Waals surface area (Å²) in [6, 6.07) is 7.48. The number of rotatable bonds is 5. The van der Waals surface area contributed by atoms with Gasteiger partial charge in [-0.05, 0) is 32.4 Å². The summed E-state index contributed by atoms with van der Waals surface area (Å²) < 4.78 is 0. The minimum absolute atomic E-state index is 0.484. The van der Waals surface area contributed by atoms with Crippen LogP contribution in [0.3, 0.4) is 0 Å². The van der Waals surface area contributed by atoms with Crippen LogP contribution in [0.4, 0.5) is 5.69 Å². The quantitative estimate of drug-likeness (QED) is 0.831. The molecule has 88 valence electrons. The lowest BCUT2D eigenvalue weighted by Crippen LogP contribution is -2.39. The van der Waals surface area contributed by atoms with Gasteiger partial charge in [0.15, 0.2) is 0 Å². The Labute approximate surface area is 96.7 Å². The van der Waals surface area contributed by atoms with E-state index in [0.717, 1.165) is 18.7 Å². The Hall–Kier alpha value is -1.51. The molecule has 0 amide bonds. The predicted octanol–water partition coefficient (Wildman–Crippen LogP) is 2.68. The molecule has 3 heteroatoms. The zero-order valence-electron chi connectivity index (χ0n) is 10.1. The summed E-state index contributed by atoms with van der Waals surface area (Å²) in [5.41, 5.74) is 2.16. The van der Waals surface area contributed by atoms with Crippen molar-refractivity contribution >= 4 is 11.7 Å². The van der Waals surface area contributed by atoms with Crippen molar-refractivity contribution in [1.82, 2.24) is 0 Å². The summed E-state index contributed by atoms with van der Waals surface area (Å²) in [5, 5.41) is 9.05. The van der Waals surface area contributed by atoms with E-state index in [1.54, 1.807) is 6.92 Å². The number of carboxylic acid groups (broad SMARTS) is 1. The zero-order valence-corrected chi connectivity index (χ0v) is 10.1. The zero-order chi connectivity index (χ0) is 12.1. The Morgan fingerprint density at radius 1 is 1.38 bits per heavy atom. The highest BCUT2D eigenvalue weighted by Gasteiger charge is 2.19. The van der Waals surface area contributed by atoms with Gasteiger partial charge in [-0.2, -0.15) is 0 Å². The minimum atomic E-state index is -0.783. The van der Waals surface area contributed by atoms with Crippen LogP contribution < -0.4 is 4.90 Å². The number of benzene rings is 1. The van der Waals surface area contributed by atoms with Crippen molar-refractivity contribution in [3.8, 4) is 0 Å². The maximum Gasteiger partial charge on any atom is 0.326 e. The molecule has 1 aromatic carbocycles. The first-order valence-corrected chi connectivity index (χ1v) is 5.62. The van der Waals surface area contributed by atoms with Gasteiger partial charge < -0.3 is 10.0 Å². The molecule has 1 aromatic rings. The molecule has 16 heavy (non-hydrogen) atoms. The molecule has 0 aliphatic heterocycles. The molecule has 0 spiro atoms. The maximum atomic E-state index is 11.0. The minimum Gasteiger partial charge on any atom is -0.480 e. The van der Waals surface area contributed by atoms with Gasteiger partial charge in [-0.3, -0.25) is 0 Å². The molecule has 0 saturated carbocycles. The Balaban J connectivity index is 2.92. The van der Waals surface area contributed by atoms with Crippen molar-refractivity contribution in [2.75, 3.05) is 11.4 Å². The van der Waals surface area contributed by atoms with E-state index >= 15 is 0 Å². The molecule has 0 heterocycles. The monoisotopic (exact) mass is 221 g/mol. The van der Waals surface area contributed by atoms with Crippen LogP contribution in [0.15, 0.2) is 24.3 Å². The van der Waals surface area contributed by atoms with Gasteiger partial charge in [0.05, 0.1) is 0 Å². The SMILES string of the molecule is CCCN(c1ccc(C)cc1)[C@H](C)C(=O)O. The van der Waals surface area contributed by atoms with E-state index in [1.165, 1.54) is 5.56 Å². The Morgan fingerprint density at radius 3 is 2.38 bits per heavy atom. The number of aliphatic carboxylic acids is 1. The van der Waals surface area contributed by atoms with Crippen molar-refractivity contribution in [3.05, 3.63) is 29.8 Å². The number of carbonyl (C=O) groups is 1. The van der Waals surface area contributed by atoms with E-state index in [4.69, 9.17) is 5.11 Å². The number of hydrogen-bond acceptors (Lipinski definition) is 2. The fourth-order valence-corrected chi connectivity index (χ4v) is 1.66. The first-order chi connectivity index (χ1) is 7.56. The smallest absolute Gasteiger partial charge is 0.326 e. The van der Waals surface area contributed by atoms with Crippen LogP contribution in [0, 0.1) is 6.92 Å². The van der Waals surface area contributed by atoms with Crippen LogP contribution in [-0.2, 0) is 4.79 Å². The van der Waals surface area contributed by atoms with Crippen LogP contribution >= 0.6 is 0 Å². The lowest BCUT2D eigenvalue weighted by molar-refractivity contribution is -0.138. The second-order valence-electron chi connectivity index (χ2n) is 4.04. The van der Waals surface area contributed by atoms with Crippen LogP contribution in [0.2, 0.25) is 0 Å². The molecule has 0 radical (unpaired) electrons. The molecule has 3 nitrogen and oxygen atoms in total. The van der Waals surface area contributed by atoms with Crippen LogP contribution in [0.5, 0.6) is 0 Å². The molecule has 0 aromatic heterocycles. The van der Waals surface area contributed by atoms with Gasteiger partial charge in [-0.25, -0.2) is 4.79 Å². The number of nitrogens with zero attached hydrogens (tertiary/aromatic N) is 1. The highest BCUT2D eigenvalue weighted by atomic mass is 16.4. The molecule has 0 saturated heterocycles. The van der Waals surface area contributed by atoms with E-state index in [0.29, 0.717) is 0 Å². The molecule has 0 bridgehead atoms. The molecule has 0 unspecified atom stereocenters. The topological polar surface area (TPSA) is 40.5 Å². The third kappa shape index (κ3) is 2.99. The lowest BCUT2D eigenvalue weighted by Gasteiger charge is -2.28. The fraction of sp³-hybridized carbons (Fsp3) is 0.462. The molecular formula is C13H19NO2. The Morgan fingerprint density at radius 2 is 1.94 bits per heavy atom. The standard InChI is InChI=1S/C13H19NO2/c1-4-9-14(11(3)13(15)16)12-7-5-10(2)6-8-12/h5-8,11H,4,9H2,1-3H3,(H,15,16)/t11-/m1/s1. The summed E-state index contributed by atoms with van der Waals surface area (Å²) in [5.74, 6) is -0.783. The summed E-state index contributed by atoms with van der Waals surface area (Å²) in [4.78, 5) is 12.9. The summed E-state index contributed by atoms with van der Waals surface area (Å²) in [6.45, 7) is 6.55. The fourth-order valence-electron chi connectivity index (χ4n) is 1.66. The third-order valence-corrected chi connectivity index (χ3v) is 2.66. The summed E-state index contributed by atoms with van der Waals surface area (Å²) in [7, 11) is 0. The van der Waals surface area contributed by atoms with Gasteiger partial charge in [-0.1, -0.05) is 24.6 Å². The second kappa shape index (κ2) is 5.54. The molecule has 0 aliphatic rings. The van der Waals surface area contributed by atoms with Crippen molar-refractivity contribution in [1.29, 1.82) is 0 Å². The van der Waals surface area contributed by atoms with Crippen molar-refractivity contribution in [2.45, 2.75) is 33.2 Å². The van der Waals surface area contributed by atoms with Gasteiger partial charge in [0.1, 0.15) is 6.04 Å². The normalized spacial score (nSPS) is 12.2. The van der Waals surface area contributed by atoms with Gasteiger partial charge in [0.2, 0.25) is 0 Å². The van der Waals surface area contributed by atoms with Crippen molar-refractivity contribution < 1.29 is 9.90 Å². The van der Waals surface area contributed by atoms with E-state index in [1.807, 2.05) is 36.1 Å². The summed E-state index contributed by atoms with van der Waals surface area (Å²) >= 11 is 0. The van der Waals surface area contributed by atoms with Crippen LogP contribution in [0.1, 0.15) is 25.8 Å². The van der Waals surface area contributed by atoms with E-state index in [-0.39, 0.29) is 0 Å². The molecule has 0 fully saturated rings. The van der Waals surface area contributed by atoms with Gasteiger partial charge in [0, 0.05) is 12.2 Å². The molecule has 0 aliphatic carbocycles. The third-order valence-electron chi connectivity index (χ3n) is 2.66. The molecule has 1 N–H and O–H groups in total.